The maximum Gasteiger partial charge on any atom is 0.0759 e. The summed E-state index contributed by atoms with van der Waals surface area (Å²) in [6, 6.07) is 0.860. The first kappa shape index (κ1) is 9.39. The summed E-state index contributed by atoms with van der Waals surface area (Å²) in [5.74, 6) is 0. The molecule has 0 amide bonds. The molecule has 0 bridgehead atoms. The standard InChI is InChI=1S/C6H19NSi2/c1-4-6(3)7(5-2)9-8/h6H,4-5,9H2,1-3,8H3. The molecule has 0 N–H and O–H groups in total. The zero-order chi connectivity index (χ0) is 7.28. The molecule has 0 aromatic rings. The Morgan fingerprint density at radius 2 is 2.11 bits per heavy atom. The molecular formula is C6H19NSi2. The van der Waals surface area contributed by atoms with E-state index >= 15 is 0 Å². The van der Waals surface area contributed by atoms with Crippen LogP contribution in [0.1, 0.15) is 27.2 Å². The second-order valence-electron chi connectivity index (χ2n) is 2.48. The highest BCUT2D eigenvalue weighted by Gasteiger charge is 2.05. The van der Waals surface area contributed by atoms with Crippen molar-refractivity contribution >= 4 is 19.0 Å². The van der Waals surface area contributed by atoms with Gasteiger partial charge >= 0.3 is 0 Å². The summed E-state index contributed by atoms with van der Waals surface area (Å²) in [5.41, 5.74) is 0. The van der Waals surface area contributed by atoms with E-state index in [1.165, 1.54) is 22.7 Å². The van der Waals surface area contributed by atoms with Gasteiger partial charge < -0.3 is 4.57 Å². The van der Waals surface area contributed by atoms with Crippen LogP contribution in [0.2, 0.25) is 0 Å². The molecule has 0 aromatic heterocycles. The van der Waals surface area contributed by atoms with Gasteiger partial charge in [0.15, 0.2) is 0 Å². The zero-order valence-corrected chi connectivity index (χ0v) is 10.6. The quantitative estimate of drug-likeness (QED) is 0.501. The summed E-state index contributed by atoms with van der Waals surface area (Å²) >= 11 is 0. The molecule has 0 aliphatic rings. The maximum atomic E-state index is 2.67. The molecule has 1 atom stereocenters. The van der Waals surface area contributed by atoms with E-state index in [4.69, 9.17) is 0 Å². The van der Waals surface area contributed by atoms with Crippen molar-refractivity contribution in [3.05, 3.63) is 0 Å². The summed E-state index contributed by atoms with van der Waals surface area (Å²) < 4.78 is 2.67. The van der Waals surface area contributed by atoms with Crippen LogP contribution in [0.3, 0.4) is 0 Å². The van der Waals surface area contributed by atoms with Crippen molar-refractivity contribution in [1.29, 1.82) is 0 Å². The predicted molar refractivity (Wildman–Crippen MR) is 50.6 cm³/mol. The van der Waals surface area contributed by atoms with Crippen molar-refractivity contribution < 1.29 is 0 Å². The normalized spacial score (nSPS) is 16.0. The van der Waals surface area contributed by atoms with Crippen molar-refractivity contribution in [1.82, 2.24) is 4.57 Å². The van der Waals surface area contributed by atoms with Gasteiger partial charge in [0.2, 0.25) is 0 Å². The highest BCUT2D eigenvalue weighted by Crippen LogP contribution is 1.98. The van der Waals surface area contributed by atoms with Crippen molar-refractivity contribution in [2.45, 2.75) is 33.2 Å². The van der Waals surface area contributed by atoms with Gasteiger partial charge in [-0.25, -0.2) is 0 Å². The van der Waals surface area contributed by atoms with Crippen LogP contribution in [-0.4, -0.2) is 36.1 Å². The molecule has 0 heterocycles. The molecule has 9 heavy (non-hydrogen) atoms. The average molecular weight is 161 g/mol. The minimum absolute atomic E-state index is 0.242. The summed E-state index contributed by atoms with van der Waals surface area (Å²) in [6.45, 7) is 8.18. The molecule has 0 aromatic carbocycles. The average Bonchev–Trinajstić information content (AvgIpc) is 1.90. The van der Waals surface area contributed by atoms with Gasteiger partial charge in [0, 0.05) is 9.76 Å². The smallest absolute Gasteiger partial charge is 0.0759 e. The molecule has 0 radical (unpaired) electrons. The molecule has 1 unspecified atom stereocenters. The molecular weight excluding hydrogens is 142 g/mol. The minimum Gasteiger partial charge on any atom is -0.330 e. The third kappa shape index (κ3) is 3.18. The van der Waals surface area contributed by atoms with E-state index in [9.17, 15) is 0 Å². The fourth-order valence-corrected chi connectivity index (χ4v) is 5.65. The zero-order valence-electron chi connectivity index (χ0n) is 7.15. The van der Waals surface area contributed by atoms with Gasteiger partial charge in [-0.15, -0.1) is 0 Å². The van der Waals surface area contributed by atoms with Crippen LogP contribution >= 0.6 is 0 Å². The third-order valence-electron chi connectivity index (χ3n) is 2.03. The first-order valence-corrected chi connectivity index (χ1v) is 10.3. The Labute approximate surface area is 63.9 Å². The second kappa shape index (κ2) is 5.20. The molecule has 0 saturated carbocycles. The monoisotopic (exact) mass is 161 g/mol. The molecule has 0 saturated heterocycles. The van der Waals surface area contributed by atoms with Crippen LogP contribution in [-0.2, 0) is 0 Å². The third-order valence-corrected chi connectivity index (χ3v) is 6.35. The van der Waals surface area contributed by atoms with Gasteiger partial charge in [0.1, 0.15) is 0 Å². The SMILES string of the molecule is CCC(C)N(CC)[SiH2][SiH3]. The largest absolute Gasteiger partial charge is 0.330 e. The van der Waals surface area contributed by atoms with Crippen LogP contribution in [0.15, 0.2) is 0 Å². The van der Waals surface area contributed by atoms with E-state index in [0.29, 0.717) is 0 Å². The molecule has 1 nitrogen and oxygen atoms in total. The van der Waals surface area contributed by atoms with E-state index in [2.05, 4.69) is 25.3 Å². The lowest BCUT2D eigenvalue weighted by Gasteiger charge is -2.24. The fraction of sp³-hybridized carbons (Fsp3) is 1.00. The van der Waals surface area contributed by atoms with Crippen molar-refractivity contribution in [2.75, 3.05) is 6.54 Å². The van der Waals surface area contributed by atoms with Gasteiger partial charge in [0.25, 0.3) is 0 Å². The number of hydrogen-bond donors (Lipinski definition) is 0. The summed E-state index contributed by atoms with van der Waals surface area (Å²) in [6.07, 6.45) is 1.32. The van der Waals surface area contributed by atoms with Crippen LogP contribution in [0.4, 0.5) is 0 Å². The maximum absolute atomic E-state index is 2.67. The van der Waals surface area contributed by atoms with Crippen molar-refractivity contribution in [2.24, 2.45) is 0 Å². The van der Waals surface area contributed by atoms with E-state index < -0.39 is 0 Å². The highest BCUT2D eigenvalue weighted by atomic mass is 29.1. The summed E-state index contributed by atoms with van der Waals surface area (Å²) in [7, 11) is 1.69. The minimum atomic E-state index is 0.242. The van der Waals surface area contributed by atoms with Crippen molar-refractivity contribution in [3.63, 3.8) is 0 Å². The molecule has 56 valence electrons. The molecule has 0 spiro atoms. The van der Waals surface area contributed by atoms with Gasteiger partial charge in [-0.05, 0) is 19.0 Å². The van der Waals surface area contributed by atoms with Crippen LogP contribution < -0.4 is 0 Å². The van der Waals surface area contributed by atoms with E-state index in [1.54, 1.807) is 0 Å². The Bertz CT molecular complexity index is 64.1. The first-order valence-electron chi connectivity index (χ1n) is 4.00. The molecule has 3 heteroatoms. The molecule has 0 aliphatic heterocycles. The predicted octanol–water partition coefficient (Wildman–Crippen LogP) is -0.529. The number of rotatable bonds is 4. The van der Waals surface area contributed by atoms with Crippen LogP contribution in [0.5, 0.6) is 0 Å². The van der Waals surface area contributed by atoms with Crippen LogP contribution in [0, 0.1) is 0 Å². The van der Waals surface area contributed by atoms with Gasteiger partial charge in [-0.3, -0.25) is 0 Å². The van der Waals surface area contributed by atoms with E-state index in [0.717, 1.165) is 6.04 Å². The Hall–Kier alpha value is 0.394. The molecule has 0 aliphatic carbocycles. The molecule has 0 fully saturated rings. The lowest BCUT2D eigenvalue weighted by atomic mass is 10.3. The van der Waals surface area contributed by atoms with E-state index in [-0.39, 0.29) is 9.20 Å². The second-order valence-corrected chi connectivity index (χ2v) is 5.82. The Morgan fingerprint density at radius 3 is 2.22 bits per heavy atom. The van der Waals surface area contributed by atoms with Gasteiger partial charge in [-0.1, -0.05) is 20.8 Å². The lowest BCUT2D eigenvalue weighted by Crippen LogP contribution is -2.35. The summed E-state index contributed by atoms with van der Waals surface area (Å²) in [5, 5.41) is 0. The van der Waals surface area contributed by atoms with Crippen molar-refractivity contribution in [3.8, 4) is 0 Å². The first-order chi connectivity index (χ1) is 4.26. The molecule has 0 rings (SSSR count). The highest BCUT2D eigenvalue weighted by molar-refractivity contribution is 6.87. The van der Waals surface area contributed by atoms with Crippen LogP contribution in [0.25, 0.3) is 0 Å². The number of hydrogen-bond acceptors (Lipinski definition) is 1. The van der Waals surface area contributed by atoms with E-state index in [1.807, 2.05) is 0 Å². The lowest BCUT2D eigenvalue weighted by molar-refractivity contribution is 0.362. The Balaban J connectivity index is 3.50. The fourth-order valence-electron chi connectivity index (χ4n) is 1.11. The van der Waals surface area contributed by atoms with Gasteiger partial charge in [0.05, 0.1) is 9.20 Å². The Kier molecular flexibility index (Phi) is 5.43. The summed E-state index contributed by atoms with van der Waals surface area (Å²) in [4.78, 5) is 0. The topological polar surface area (TPSA) is 3.24 Å². The number of nitrogens with zero attached hydrogens (tertiary/aromatic N) is 1. The Morgan fingerprint density at radius 1 is 1.56 bits per heavy atom. The van der Waals surface area contributed by atoms with Gasteiger partial charge in [-0.2, -0.15) is 0 Å².